The lowest BCUT2D eigenvalue weighted by molar-refractivity contribution is 0.269. The molecule has 7 heteroatoms. The van der Waals surface area contributed by atoms with E-state index in [0.717, 1.165) is 49.8 Å². The molecule has 29 heavy (non-hydrogen) atoms. The van der Waals surface area contributed by atoms with Gasteiger partial charge in [0.05, 0.1) is 6.61 Å². The highest BCUT2D eigenvalue weighted by Gasteiger charge is 2.08. The first-order chi connectivity index (χ1) is 13.2. The summed E-state index contributed by atoms with van der Waals surface area (Å²) >= 11 is 6.21. The second kappa shape index (κ2) is 15.6. The number of likely N-dealkylation sites (N-methyl/N-ethyl adjacent to an activating group) is 1. The zero-order valence-corrected chi connectivity index (χ0v) is 19.8. The standard InChI is InChI=1S/C22H31ClN2O2.2ClH/c1-4-25(5-2)14-13-24-16-18-11-12-21(22(15-18)26-6-3)27-17-19-9-7-8-10-20(19)23;;/h7-12,15,24H,4-6,13-14,16-17H2,1-3H3;2*1H. The molecule has 0 fully saturated rings. The van der Waals surface area contributed by atoms with Crippen molar-refractivity contribution in [2.24, 2.45) is 0 Å². The Morgan fingerprint density at radius 3 is 2.31 bits per heavy atom. The van der Waals surface area contributed by atoms with Crippen LogP contribution in [0, 0.1) is 0 Å². The quantitative estimate of drug-likeness (QED) is 0.416. The second-order valence-electron chi connectivity index (χ2n) is 6.30. The van der Waals surface area contributed by atoms with Crippen LogP contribution in [0.15, 0.2) is 42.5 Å². The molecule has 0 unspecified atom stereocenters. The fraction of sp³-hybridized carbons (Fsp3) is 0.455. The lowest BCUT2D eigenvalue weighted by Gasteiger charge is -2.18. The molecule has 0 saturated carbocycles. The summed E-state index contributed by atoms with van der Waals surface area (Å²) in [6, 6.07) is 13.8. The SMILES string of the molecule is CCOc1cc(CNCCN(CC)CC)ccc1OCc1ccccc1Cl.Cl.Cl. The van der Waals surface area contributed by atoms with Crippen LogP contribution >= 0.6 is 36.4 Å². The maximum absolute atomic E-state index is 6.21. The molecule has 0 spiro atoms. The molecule has 0 heterocycles. The molecule has 0 aliphatic heterocycles. The summed E-state index contributed by atoms with van der Waals surface area (Å²) < 4.78 is 11.7. The van der Waals surface area contributed by atoms with Gasteiger partial charge in [-0.1, -0.05) is 49.7 Å². The Morgan fingerprint density at radius 2 is 1.66 bits per heavy atom. The molecule has 1 N–H and O–H groups in total. The van der Waals surface area contributed by atoms with Gasteiger partial charge < -0.3 is 19.7 Å². The van der Waals surface area contributed by atoms with E-state index in [4.69, 9.17) is 21.1 Å². The van der Waals surface area contributed by atoms with Crippen LogP contribution < -0.4 is 14.8 Å². The topological polar surface area (TPSA) is 33.7 Å². The molecule has 0 amide bonds. The molecule has 0 radical (unpaired) electrons. The predicted molar refractivity (Wildman–Crippen MR) is 127 cm³/mol. The number of nitrogens with one attached hydrogen (secondary N) is 1. The normalized spacial score (nSPS) is 10.2. The Bertz CT molecular complexity index is 698. The van der Waals surface area contributed by atoms with Crippen molar-refractivity contribution in [1.82, 2.24) is 10.2 Å². The molecule has 4 nitrogen and oxygen atoms in total. The van der Waals surface area contributed by atoms with Crippen molar-refractivity contribution in [3.63, 3.8) is 0 Å². The van der Waals surface area contributed by atoms with E-state index in [1.165, 1.54) is 5.56 Å². The summed E-state index contributed by atoms with van der Waals surface area (Å²) in [6.45, 7) is 12.4. The molecule has 0 aliphatic carbocycles. The van der Waals surface area contributed by atoms with Gasteiger partial charge in [-0.3, -0.25) is 0 Å². The minimum absolute atomic E-state index is 0. The van der Waals surface area contributed by atoms with E-state index in [1.54, 1.807) is 0 Å². The first kappa shape index (κ1) is 27.8. The predicted octanol–water partition coefficient (Wildman–Crippen LogP) is 5.59. The highest BCUT2D eigenvalue weighted by atomic mass is 35.5. The van der Waals surface area contributed by atoms with E-state index in [1.807, 2.05) is 37.3 Å². The fourth-order valence-electron chi connectivity index (χ4n) is 2.83. The van der Waals surface area contributed by atoms with Crippen LogP contribution in [0.5, 0.6) is 11.5 Å². The van der Waals surface area contributed by atoms with E-state index in [0.29, 0.717) is 18.2 Å². The number of nitrogens with zero attached hydrogens (tertiary/aromatic N) is 1. The summed E-state index contributed by atoms with van der Waals surface area (Å²) in [4.78, 5) is 2.41. The summed E-state index contributed by atoms with van der Waals surface area (Å²) in [5.74, 6) is 1.51. The molecule has 2 aromatic rings. The van der Waals surface area contributed by atoms with E-state index < -0.39 is 0 Å². The van der Waals surface area contributed by atoms with E-state index >= 15 is 0 Å². The molecule has 0 bridgehead atoms. The van der Waals surface area contributed by atoms with Crippen molar-refractivity contribution in [1.29, 1.82) is 0 Å². The first-order valence-corrected chi connectivity index (χ1v) is 10.1. The lowest BCUT2D eigenvalue weighted by Crippen LogP contribution is -2.31. The molecule has 2 rings (SSSR count). The molecule has 0 atom stereocenters. The van der Waals surface area contributed by atoms with Crippen LogP contribution in [0.1, 0.15) is 31.9 Å². The molecule has 164 valence electrons. The summed E-state index contributed by atoms with van der Waals surface area (Å²) in [7, 11) is 0. The van der Waals surface area contributed by atoms with Gasteiger partial charge in [0, 0.05) is 30.2 Å². The van der Waals surface area contributed by atoms with Gasteiger partial charge in [-0.05, 0) is 43.8 Å². The van der Waals surface area contributed by atoms with Crippen molar-refractivity contribution in [2.45, 2.75) is 33.9 Å². The van der Waals surface area contributed by atoms with Gasteiger partial charge in [-0.25, -0.2) is 0 Å². The Labute approximate surface area is 192 Å². The van der Waals surface area contributed by atoms with Crippen LogP contribution in [0.25, 0.3) is 0 Å². The third-order valence-corrected chi connectivity index (χ3v) is 4.85. The van der Waals surface area contributed by atoms with E-state index in [-0.39, 0.29) is 24.8 Å². The van der Waals surface area contributed by atoms with Crippen LogP contribution in [0.3, 0.4) is 0 Å². The van der Waals surface area contributed by atoms with Crippen molar-refractivity contribution < 1.29 is 9.47 Å². The van der Waals surface area contributed by atoms with Crippen LogP contribution in [0.2, 0.25) is 5.02 Å². The van der Waals surface area contributed by atoms with Gasteiger partial charge >= 0.3 is 0 Å². The third kappa shape index (κ3) is 9.45. The lowest BCUT2D eigenvalue weighted by atomic mass is 10.2. The Hall–Kier alpha value is -1.17. The smallest absolute Gasteiger partial charge is 0.161 e. The Morgan fingerprint density at radius 1 is 0.931 bits per heavy atom. The fourth-order valence-corrected chi connectivity index (χ4v) is 3.02. The molecule has 0 aliphatic rings. The van der Waals surface area contributed by atoms with Gasteiger partial charge in [0.1, 0.15) is 6.61 Å². The van der Waals surface area contributed by atoms with Crippen molar-refractivity contribution in [3.05, 3.63) is 58.6 Å². The minimum atomic E-state index is 0. The van der Waals surface area contributed by atoms with Gasteiger partial charge in [-0.2, -0.15) is 0 Å². The van der Waals surface area contributed by atoms with Gasteiger partial charge in [0.15, 0.2) is 11.5 Å². The van der Waals surface area contributed by atoms with Gasteiger partial charge in [0.25, 0.3) is 0 Å². The molecule has 0 saturated heterocycles. The summed E-state index contributed by atoms with van der Waals surface area (Å²) in [5, 5.41) is 4.21. The third-order valence-electron chi connectivity index (χ3n) is 4.48. The van der Waals surface area contributed by atoms with Crippen molar-refractivity contribution >= 4 is 36.4 Å². The minimum Gasteiger partial charge on any atom is -0.490 e. The Balaban J connectivity index is 0.00000392. The number of rotatable bonds is 12. The average molecular weight is 464 g/mol. The van der Waals surface area contributed by atoms with Gasteiger partial charge in [0.2, 0.25) is 0 Å². The second-order valence-corrected chi connectivity index (χ2v) is 6.71. The van der Waals surface area contributed by atoms with Gasteiger partial charge in [-0.15, -0.1) is 24.8 Å². The van der Waals surface area contributed by atoms with Crippen molar-refractivity contribution in [2.75, 3.05) is 32.8 Å². The monoisotopic (exact) mass is 462 g/mol. The van der Waals surface area contributed by atoms with Crippen LogP contribution in [-0.4, -0.2) is 37.7 Å². The van der Waals surface area contributed by atoms with Crippen LogP contribution in [0.4, 0.5) is 0 Å². The molecular weight excluding hydrogens is 431 g/mol. The largest absolute Gasteiger partial charge is 0.490 e. The van der Waals surface area contributed by atoms with E-state index in [9.17, 15) is 0 Å². The molecule has 2 aromatic carbocycles. The highest BCUT2D eigenvalue weighted by Crippen LogP contribution is 2.30. The van der Waals surface area contributed by atoms with Crippen molar-refractivity contribution in [3.8, 4) is 11.5 Å². The number of hydrogen-bond acceptors (Lipinski definition) is 4. The maximum Gasteiger partial charge on any atom is 0.161 e. The average Bonchev–Trinajstić information content (AvgIpc) is 2.69. The molecule has 0 aromatic heterocycles. The number of halogens is 3. The van der Waals surface area contributed by atoms with E-state index in [2.05, 4.69) is 36.2 Å². The zero-order chi connectivity index (χ0) is 19.5. The number of hydrogen-bond donors (Lipinski definition) is 1. The highest BCUT2D eigenvalue weighted by molar-refractivity contribution is 6.31. The first-order valence-electron chi connectivity index (χ1n) is 9.72. The maximum atomic E-state index is 6.21. The number of ether oxygens (including phenoxy) is 2. The number of benzene rings is 2. The summed E-state index contributed by atoms with van der Waals surface area (Å²) in [6.07, 6.45) is 0. The molecular formula is C22H33Cl3N2O2. The zero-order valence-electron chi connectivity index (χ0n) is 17.4. The Kier molecular flexibility index (Phi) is 15.0. The summed E-state index contributed by atoms with van der Waals surface area (Å²) in [5.41, 5.74) is 2.15. The van der Waals surface area contributed by atoms with Crippen LogP contribution in [-0.2, 0) is 13.2 Å².